The van der Waals surface area contributed by atoms with Crippen LogP contribution in [0.3, 0.4) is 0 Å². The van der Waals surface area contributed by atoms with Crippen LogP contribution in [0.2, 0.25) is 0 Å². The molecule has 0 aliphatic carbocycles. The molecule has 5 nitrogen and oxygen atoms in total. The number of hydrogen-bond acceptors (Lipinski definition) is 3. The molecule has 1 amide bonds. The van der Waals surface area contributed by atoms with Gasteiger partial charge in [0, 0.05) is 6.54 Å². The Kier molecular flexibility index (Phi) is 4.65. The largest absolute Gasteiger partial charge is 0.347 e. The summed E-state index contributed by atoms with van der Waals surface area (Å²) in [5.74, 6) is -0.214. The zero-order valence-corrected chi connectivity index (χ0v) is 15.0. The Labute approximate surface area is 147 Å². The van der Waals surface area contributed by atoms with Gasteiger partial charge in [-0.2, -0.15) is 0 Å². The van der Waals surface area contributed by atoms with Crippen LogP contribution in [0.5, 0.6) is 0 Å². The molecular weight excluding hydrogens is 312 g/mol. The zero-order chi connectivity index (χ0) is 18.0. The van der Waals surface area contributed by atoms with Crippen LogP contribution in [-0.2, 0) is 6.54 Å². The van der Waals surface area contributed by atoms with Gasteiger partial charge in [-0.1, -0.05) is 52.7 Å². The Bertz CT molecular complexity index is 910. The van der Waals surface area contributed by atoms with Crippen molar-refractivity contribution >= 4 is 5.91 Å². The highest BCUT2D eigenvalue weighted by Crippen LogP contribution is 2.17. The van der Waals surface area contributed by atoms with E-state index >= 15 is 0 Å². The molecule has 3 rings (SSSR count). The van der Waals surface area contributed by atoms with E-state index in [1.807, 2.05) is 57.2 Å². The molecule has 0 radical (unpaired) electrons. The number of nitrogens with one attached hydrogen (secondary N) is 1. The SMILES string of the molecule is Cc1ccc(CNC(=O)c2nnn(-c3ccc(C)cc3C)c2C)cc1. The molecule has 0 spiro atoms. The van der Waals surface area contributed by atoms with Crippen LogP contribution >= 0.6 is 0 Å². The minimum atomic E-state index is -0.214. The highest BCUT2D eigenvalue weighted by atomic mass is 16.2. The molecule has 1 aromatic heterocycles. The molecule has 0 fully saturated rings. The van der Waals surface area contributed by atoms with Gasteiger partial charge in [-0.15, -0.1) is 5.10 Å². The van der Waals surface area contributed by atoms with E-state index in [1.54, 1.807) is 4.68 Å². The van der Waals surface area contributed by atoms with Gasteiger partial charge in [-0.05, 0) is 44.9 Å². The third-order valence-electron chi connectivity index (χ3n) is 4.26. The van der Waals surface area contributed by atoms with E-state index in [1.165, 1.54) is 11.1 Å². The maximum absolute atomic E-state index is 12.5. The number of aryl methyl sites for hydroxylation is 3. The molecule has 5 heteroatoms. The summed E-state index contributed by atoms with van der Waals surface area (Å²) in [5.41, 5.74) is 6.56. The lowest BCUT2D eigenvalue weighted by Gasteiger charge is -2.08. The first-order valence-corrected chi connectivity index (χ1v) is 8.29. The Hall–Kier alpha value is -2.95. The number of aromatic nitrogens is 3. The minimum Gasteiger partial charge on any atom is -0.347 e. The lowest BCUT2D eigenvalue weighted by molar-refractivity contribution is 0.0945. The summed E-state index contributed by atoms with van der Waals surface area (Å²) >= 11 is 0. The third kappa shape index (κ3) is 3.60. The molecule has 0 unspecified atom stereocenters. The second-order valence-corrected chi connectivity index (χ2v) is 6.39. The predicted molar refractivity (Wildman–Crippen MR) is 97.9 cm³/mol. The average Bonchev–Trinajstić information content (AvgIpc) is 2.96. The zero-order valence-electron chi connectivity index (χ0n) is 15.0. The molecule has 0 bridgehead atoms. The van der Waals surface area contributed by atoms with Crippen molar-refractivity contribution < 1.29 is 4.79 Å². The molecule has 0 atom stereocenters. The van der Waals surface area contributed by atoms with Crippen molar-refractivity contribution in [3.05, 3.63) is 76.1 Å². The molecule has 0 saturated heterocycles. The predicted octanol–water partition coefficient (Wildman–Crippen LogP) is 3.43. The van der Waals surface area contributed by atoms with Gasteiger partial charge in [-0.3, -0.25) is 4.79 Å². The highest BCUT2D eigenvalue weighted by molar-refractivity contribution is 5.93. The first-order chi connectivity index (χ1) is 12.0. The number of hydrogen-bond donors (Lipinski definition) is 1. The van der Waals surface area contributed by atoms with Crippen molar-refractivity contribution in [2.24, 2.45) is 0 Å². The molecule has 3 aromatic rings. The fourth-order valence-corrected chi connectivity index (χ4v) is 2.78. The summed E-state index contributed by atoms with van der Waals surface area (Å²) in [5, 5.41) is 11.2. The number of carbonyl (C=O) groups excluding carboxylic acids is 1. The maximum atomic E-state index is 12.5. The summed E-state index contributed by atoms with van der Waals surface area (Å²) in [7, 11) is 0. The van der Waals surface area contributed by atoms with Gasteiger partial charge in [0.05, 0.1) is 11.4 Å². The van der Waals surface area contributed by atoms with Crippen molar-refractivity contribution in [3.63, 3.8) is 0 Å². The number of nitrogens with zero attached hydrogens (tertiary/aromatic N) is 3. The van der Waals surface area contributed by atoms with Crippen LogP contribution < -0.4 is 5.32 Å². The lowest BCUT2D eigenvalue weighted by Crippen LogP contribution is -2.24. The summed E-state index contributed by atoms with van der Waals surface area (Å²) < 4.78 is 1.72. The van der Waals surface area contributed by atoms with Crippen molar-refractivity contribution in [2.75, 3.05) is 0 Å². The van der Waals surface area contributed by atoms with Crippen LogP contribution in [0.4, 0.5) is 0 Å². The number of benzene rings is 2. The standard InChI is InChI=1S/C20H22N4O/c1-13-5-8-17(9-6-13)12-21-20(25)19-16(4)24(23-22-19)18-10-7-14(2)11-15(18)3/h5-11H,12H2,1-4H3,(H,21,25). The number of rotatable bonds is 4. The van der Waals surface area contributed by atoms with Crippen LogP contribution in [0.15, 0.2) is 42.5 Å². The quantitative estimate of drug-likeness (QED) is 0.795. The van der Waals surface area contributed by atoms with Gasteiger partial charge in [0.1, 0.15) is 0 Å². The lowest BCUT2D eigenvalue weighted by atomic mass is 10.1. The van der Waals surface area contributed by atoms with Gasteiger partial charge in [0.2, 0.25) is 0 Å². The molecule has 0 aliphatic rings. The van der Waals surface area contributed by atoms with E-state index in [4.69, 9.17) is 0 Å². The van der Waals surface area contributed by atoms with E-state index in [0.717, 1.165) is 22.5 Å². The van der Waals surface area contributed by atoms with Crippen LogP contribution in [0, 0.1) is 27.7 Å². The van der Waals surface area contributed by atoms with E-state index in [-0.39, 0.29) is 5.91 Å². The summed E-state index contributed by atoms with van der Waals surface area (Å²) in [6.45, 7) is 8.45. The molecule has 0 aliphatic heterocycles. The molecular formula is C20H22N4O. The van der Waals surface area contributed by atoms with Crippen molar-refractivity contribution in [2.45, 2.75) is 34.2 Å². The molecule has 1 heterocycles. The van der Waals surface area contributed by atoms with E-state index in [0.29, 0.717) is 12.2 Å². The van der Waals surface area contributed by atoms with Gasteiger partial charge in [0.15, 0.2) is 5.69 Å². The van der Waals surface area contributed by atoms with Crippen LogP contribution in [-0.4, -0.2) is 20.9 Å². The topological polar surface area (TPSA) is 59.8 Å². The van der Waals surface area contributed by atoms with Gasteiger partial charge in [-0.25, -0.2) is 4.68 Å². The molecule has 128 valence electrons. The number of amides is 1. The third-order valence-corrected chi connectivity index (χ3v) is 4.26. The Morgan fingerprint density at radius 3 is 2.36 bits per heavy atom. The first kappa shape index (κ1) is 16.9. The van der Waals surface area contributed by atoms with E-state index in [2.05, 4.69) is 28.6 Å². The molecule has 1 N–H and O–H groups in total. The second-order valence-electron chi connectivity index (χ2n) is 6.39. The normalized spacial score (nSPS) is 10.7. The van der Waals surface area contributed by atoms with Crippen LogP contribution in [0.1, 0.15) is 38.4 Å². The summed E-state index contributed by atoms with van der Waals surface area (Å²) in [4.78, 5) is 12.5. The number of carbonyl (C=O) groups is 1. The summed E-state index contributed by atoms with van der Waals surface area (Å²) in [6.07, 6.45) is 0. The van der Waals surface area contributed by atoms with Crippen molar-refractivity contribution in [1.82, 2.24) is 20.3 Å². The van der Waals surface area contributed by atoms with Crippen molar-refractivity contribution in [1.29, 1.82) is 0 Å². The van der Waals surface area contributed by atoms with Gasteiger partial charge < -0.3 is 5.32 Å². The fourth-order valence-electron chi connectivity index (χ4n) is 2.78. The van der Waals surface area contributed by atoms with Gasteiger partial charge >= 0.3 is 0 Å². The summed E-state index contributed by atoms with van der Waals surface area (Å²) in [6, 6.07) is 14.2. The minimum absolute atomic E-state index is 0.214. The van der Waals surface area contributed by atoms with Crippen molar-refractivity contribution in [3.8, 4) is 5.69 Å². The molecule has 25 heavy (non-hydrogen) atoms. The Morgan fingerprint density at radius 2 is 1.68 bits per heavy atom. The fraction of sp³-hybridized carbons (Fsp3) is 0.250. The average molecular weight is 334 g/mol. The Balaban J connectivity index is 1.78. The Morgan fingerprint density at radius 1 is 1.00 bits per heavy atom. The second kappa shape index (κ2) is 6.89. The molecule has 2 aromatic carbocycles. The highest BCUT2D eigenvalue weighted by Gasteiger charge is 2.17. The monoisotopic (exact) mass is 334 g/mol. The van der Waals surface area contributed by atoms with Crippen LogP contribution in [0.25, 0.3) is 5.69 Å². The van der Waals surface area contributed by atoms with E-state index in [9.17, 15) is 4.79 Å². The first-order valence-electron chi connectivity index (χ1n) is 8.29. The van der Waals surface area contributed by atoms with Gasteiger partial charge in [0.25, 0.3) is 5.91 Å². The molecule has 0 saturated carbocycles. The smallest absolute Gasteiger partial charge is 0.274 e. The van der Waals surface area contributed by atoms with E-state index < -0.39 is 0 Å². The maximum Gasteiger partial charge on any atom is 0.274 e.